The van der Waals surface area contributed by atoms with E-state index in [-0.39, 0.29) is 0 Å². The Morgan fingerprint density at radius 1 is 1.00 bits per heavy atom. The van der Waals surface area contributed by atoms with Crippen molar-refractivity contribution >= 4 is 29.9 Å². The highest BCUT2D eigenvalue weighted by Gasteiger charge is 1.95. The fraction of sp³-hybridized carbons (Fsp3) is 0. The zero-order chi connectivity index (χ0) is 14.2. The highest BCUT2D eigenvalue weighted by molar-refractivity contribution is 6.30. The normalized spacial score (nSPS) is 11.1. The van der Waals surface area contributed by atoms with Gasteiger partial charge in [0.2, 0.25) is 0 Å². The van der Waals surface area contributed by atoms with Crippen LogP contribution in [0.4, 0.5) is 0 Å². The maximum Gasteiger partial charge on any atom is 0.358 e. The van der Waals surface area contributed by atoms with Crippen LogP contribution in [0, 0.1) is 0 Å². The molecule has 0 saturated carbocycles. The van der Waals surface area contributed by atoms with E-state index < -0.39 is 5.97 Å². The van der Waals surface area contributed by atoms with E-state index in [0.717, 1.165) is 11.1 Å². The van der Waals surface area contributed by atoms with Gasteiger partial charge in [-0.2, -0.15) is 0 Å². The summed E-state index contributed by atoms with van der Waals surface area (Å²) in [6.07, 6.45) is 4.44. The van der Waals surface area contributed by atoms with Crippen molar-refractivity contribution in [3.05, 3.63) is 76.8 Å². The molecule has 20 heavy (non-hydrogen) atoms. The predicted molar refractivity (Wildman–Crippen MR) is 80.6 cm³/mol. The number of carbonyl (C=O) groups is 1. The summed E-state index contributed by atoms with van der Waals surface area (Å²) in [7, 11) is 0. The summed E-state index contributed by atoms with van der Waals surface area (Å²) in [6.45, 7) is 0. The van der Waals surface area contributed by atoms with Crippen LogP contribution in [0.25, 0.3) is 6.08 Å². The van der Waals surface area contributed by atoms with Gasteiger partial charge in [-0.05, 0) is 29.3 Å². The summed E-state index contributed by atoms with van der Waals surface area (Å²) < 4.78 is 0. The summed E-state index contributed by atoms with van der Waals surface area (Å²) in [5.41, 5.74) is 1.72. The van der Waals surface area contributed by atoms with Crippen molar-refractivity contribution in [2.24, 2.45) is 5.16 Å². The molecule has 4 heteroatoms. The summed E-state index contributed by atoms with van der Waals surface area (Å²) in [4.78, 5) is 16.1. The Morgan fingerprint density at radius 3 is 2.40 bits per heavy atom. The van der Waals surface area contributed by atoms with Crippen molar-refractivity contribution in [3.63, 3.8) is 0 Å². The van der Waals surface area contributed by atoms with Crippen LogP contribution in [0.15, 0.2) is 65.8 Å². The average Bonchev–Trinajstić information content (AvgIpc) is 2.48. The first-order valence-electron chi connectivity index (χ1n) is 5.97. The molecule has 0 aliphatic heterocycles. The van der Waals surface area contributed by atoms with E-state index in [0.29, 0.717) is 5.02 Å². The molecule has 0 aliphatic rings. The average molecular weight is 286 g/mol. The van der Waals surface area contributed by atoms with Gasteiger partial charge in [-0.25, -0.2) is 4.79 Å². The molecule has 0 atom stereocenters. The largest absolute Gasteiger partial charge is 0.358 e. The van der Waals surface area contributed by atoms with Crippen LogP contribution in [0.5, 0.6) is 0 Å². The van der Waals surface area contributed by atoms with Crippen LogP contribution in [0.1, 0.15) is 11.1 Å². The Bertz CT molecular complexity index is 619. The molecule has 0 bridgehead atoms. The second kappa shape index (κ2) is 7.26. The first-order valence-corrected chi connectivity index (χ1v) is 6.35. The fourth-order valence-corrected chi connectivity index (χ4v) is 1.57. The van der Waals surface area contributed by atoms with Crippen molar-refractivity contribution < 1.29 is 9.63 Å². The topological polar surface area (TPSA) is 38.7 Å². The van der Waals surface area contributed by atoms with Gasteiger partial charge in [0.25, 0.3) is 0 Å². The second-order valence-corrected chi connectivity index (χ2v) is 4.38. The number of benzene rings is 2. The van der Waals surface area contributed by atoms with Crippen molar-refractivity contribution in [1.29, 1.82) is 0 Å². The van der Waals surface area contributed by atoms with Crippen LogP contribution in [0.3, 0.4) is 0 Å². The van der Waals surface area contributed by atoms with Crippen molar-refractivity contribution in [2.75, 3.05) is 0 Å². The number of rotatable bonds is 4. The minimum atomic E-state index is -0.529. The monoisotopic (exact) mass is 285 g/mol. The Balaban J connectivity index is 1.86. The van der Waals surface area contributed by atoms with Gasteiger partial charge in [-0.1, -0.05) is 59.2 Å². The van der Waals surface area contributed by atoms with E-state index in [4.69, 9.17) is 16.4 Å². The fourth-order valence-electron chi connectivity index (χ4n) is 1.45. The van der Waals surface area contributed by atoms with Crippen LogP contribution in [-0.4, -0.2) is 12.2 Å². The summed E-state index contributed by atoms with van der Waals surface area (Å²) in [5, 5.41) is 4.26. The third-order valence-electron chi connectivity index (χ3n) is 2.43. The molecule has 0 aromatic heterocycles. The minimum Gasteiger partial charge on any atom is -0.313 e. The highest BCUT2D eigenvalue weighted by atomic mass is 35.5. The van der Waals surface area contributed by atoms with Crippen LogP contribution >= 0.6 is 11.6 Å². The van der Waals surface area contributed by atoms with E-state index in [1.54, 1.807) is 30.3 Å². The molecule has 100 valence electrons. The molecule has 0 saturated heterocycles. The number of hydrogen-bond donors (Lipinski definition) is 0. The number of carbonyl (C=O) groups excluding carboxylic acids is 1. The number of nitrogens with zero attached hydrogens (tertiary/aromatic N) is 1. The lowest BCUT2D eigenvalue weighted by Gasteiger charge is -1.94. The quantitative estimate of drug-likeness (QED) is 0.369. The maximum absolute atomic E-state index is 11.4. The molecule has 0 fully saturated rings. The van der Waals surface area contributed by atoms with Gasteiger partial charge in [0.1, 0.15) is 0 Å². The first-order chi connectivity index (χ1) is 9.74. The van der Waals surface area contributed by atoms with Crippen molar-refractivity contribution in [1.82, 2.24) is 0 Å². The van der Waals surface area contributed by atoms with E-state index >= 15 is 0 Å². The molecule has 0 aliphatic carbocycles. The minimum absolute atomic E-state index is 0.529. The molecule has 3 nitrogen and oxygen atoms in total. The molecular weight excluding hydrogens is 274 g/mol. The highest BCUT2D eigenvalue weighted by Crippen LogP contribution is 2.08. The molecule has 0 N–H and O–H groups in total. The Labute approximate surface area is 122 Å². The summed E-state index contributed by atoms with van der Waals surface area (Å²) >= 11 is 5.76. The van der Waals surface area contributed by atoms with Crippen LogP contribution in [0.2, 0.25) is 5.02 Å². The van der Waals surface area contributed by atoms with E-state index in [2.05, 4.69) is 5.16 Å². The van der Waals surface area contributed by atoms with Gasteiger partial charge in [-0.15, -0.1) is 0 Å². The zero-order valence-corrected chi connectivity index (χ0v) is 11.3. The molecule has 0 amide bonds. The standard InChI is InChI=1S/C16H12ClNO2/c17-15-9-6-14(7-10-15)12-18-20-16(19)11-8-13-4-2-1-3-5-13/h1-12H/b11-8-,18-12-. The van der Waals surface area contributed by atoms with Crippen molar-refractivity contribution in [2.45, 2.75) is 0 Å². The molecule has 0 unspecified atom stereocenters. The van der Waals surface area contributed by atoms with Crippen LogP contribution in [-0.2, 0) is 9.63 Å². The van der Waals surface area contributed by atoms with E-state index in [9.17, 15) is 4.79 Å². The third-order valence-corrected chi connectivity index (χ3v) is 2.68. The predicted octanol–water partition coefficient (Wildman–Crippen LogP) is 3.93. The lowest BCUT2D eigenvalue weighted by Crippen LogP contribution is -1.94. The third kappa shape index (κ3) is 4.71. The summed E-state index contributed by atoms with van der Waals surface area (Å²) in [5.74, 6) is -0.529. The lowest BCUT2D eigenvalue weighted by molar-refractivity contribution is -0.137. The second-order valence-electron chi connectivity index (χ2n) is 3.94. The Kier molecular flexibility index (Phi) is 5.09. The molecule has 2 aromatic carbocycles. The summed E-state index contributed by atoms with van der Waals surface area (Å²) in [6, 6.07) is 16.5. The van der Waals surface area contributed by atoms with Gasteiger partial charge in [0.15, 0.2) is 0 Å². The van der Waals surface area contributed by atoms with Crippen molar-refractivity contribution in [3.8, 4) is 0 Å². The van der Waals surface area contributed by atoms with Gasteiger partial charge >= 0.3 is 5.97 Å². The molecule has 0 heterocycles. The van der Waals surface area contributed by atoms with Gasteiger partial charge in [0.05, 0.1) is 6.21 Å². The van der Waals surface area contributed by atoms with Gasteiger partial charge < -0.3 is 4.84 Å². The molecule has 0 radical (unpaired) electrons. The number of halogens is 1. The molecular formula is C16H12ClNO2. The molecule has 2 aromatic rings. The number of hydrogen-bond acceptors (Lipinski definition) is 3. The first kappa shape index (κ1) is 14.0. The SMILES string of the molecule is O=C(/C=C\c1ccccc1)O/N=C\c1ccc(Cl)cc1. The number of oxime groups is 1. The Morgan fingerprint density at radius 2 is 1.70 bits per heavy atom. The van der Waals surface area contributed by atoms with E-state index in [1.807, 2.05) is 30.3 Å². The van der Waals surface area contributed by atoms with E-state index in [1.165, 1.54) is 12.3 Å². The Hall–Kier alpha value is -2.39. The maximum atomic E-state index is 11.4. The molecule has 0 spiro atoms. The smallest absolute Gasteiger partial charge is 0.313 e. The zero-order valence-electron chi connectivity index (χ0n) is 10.6. The lowest BCUT2D eigenvalue weighted by atomic mass is 10.2. The van der Waals surface area contributed by atoms with Crippen LogP contribution < -0.4 is 0 Å². The molecule has 2 rings (SSSR count). The van der Waals surface area contributed by atoms with Gasteiger partial charge in [0, 0.05) is 11.1 Å². The van der Waals surface area contributed by atoms with Gasteiger partial charge in [-0.3, -0.25) is 0 Å².